The number of hydrogen-bond acceptors (Lipinski definition) is 2. The third-order valence-electron chi connectivity index (χ3n) is 4.14. The standard InChI is InChI=1S/C14H19ClN2/c1-2-12-5-11(8-15)7-14(16-12)17-9-10-3-4-13(17)6-10/h5,7,10,13H,2-4,6,8-9H2,1H3. The zero-order valence-electron chi connectivity index (χ0n) is 10.3. The summed E-state index contributed by atoms with van der Waals surface area (Å²) in [5, 5.41) is 0. The van der Waals surface area contributed by atoms with Crippen LogP contribution in [0.15, 0.2) is 12.1 Å². The number of rotatable bonds is 3. The van der Waals surface area contributed by atoms with Crippen LogP contribution < -0.4 is 4.90 Å². The van der Waals surface area contributed by atoms with E-state index in [0.717, 1.165) is 24.2 Å². The number of aromatic nitrogens is 1. The molecule has 1 saturated carbocycles. The lowest BCUT2D eigenvalue weighted by Gasteiger charge is -2.28. The summed E-state index contributed by atoms with van der Waals surface area (Å²) in [6.07, 6.45) is 5.11. The summed E-state index contributed by atoms with van der Waals surface area (Å²) in [4.78, 5) is 7.27. The van der Waals surface area contributed by atoms with Crippen molar-refractivity contribution in [2.24, 2.45) is 5.92 Å². The van der Waals surface area contributed by atoms with Crippen molar-refractivity contribution in [3.8, 4) is 0 Å². The van der Waals surface area contributed by atoms with Crippen LogP contribution in [0.1, 0.15) is 37.4 Å². The van der Waals surface area contributed by atoms with Crippen LogP contribution in [0.2, 0.25) is 0 Å². The van der Waals surface area contributed by atoms with Crippen LogP contribution in [0.3, 0.4) is 0 Å². The van der Waals surface area contributed by atoms with Gasteiger partial charge in [-0.2, -0.15) is 0 Å². The van der Waals surface area contributed by atoms with Gasteiger partial charge in [-0.25, -0.2) is 4.98 Å². The smallest absolute Gasteiger partial charge is 0.129 e. The summed E-state index contributed by atoms with van der Waals surface area (Å²) in [5.74, 6) is 2.66. The number of hydrogen-bond donors (Lipinski definition) is 0. The van der Waals surface area contributed by atoms with Crippen molar-refractivity contribution in [3.63, 3.8) is 0 Å². The highest BCUT2D eigenvalue weighted by molar-refractivity contribution is 6.17. The Kier molecular flexibility index (Phi) is 2.99. The number of aryl methyl sites for hydroxylation is 1. The molecule has 1 aromatic heterocycles. The minimum atomic E-state index is 0.588. The van der Waals surface area contributed by atoms with Gasteiger partial charge in [-0.15, -0.1) is 11.6 Å². The highest BCUT2D eigenvalue weighted by Crippen LogP contribution is 2.39. The first-order valence-electron chi connectivity index (χ1n) is 6.62. The summed E-state index contributed by atoms with van der Waals surface area (Å²) >= 11 is 5.97. The van der Waals surface area contributed by atoms with Crippen LogP contribution in [-0.4, -0.2) is 17.6 Å². The van der Waals surface area contributed by atoms with E-state index >= 15 is 0 Å². The number of pyridine rings is 1. The monoisotopic (exact) mass is 250 g/mol. The lowest BCUT2D eigenvalue weighted by atomic mass is 10.1. The SMILES string of the molecule is CCc1cc(CCl)cc(N2CC3CCC2C3)n1. The van der Waals surface area contributed by atoms with Crippen LogP contribution in [0, 0.1) is 5.92 Å². The van der Waals surface area contributed by atoms with E-state index in [9.17, 15) is 0 Å². The van der Waals surface area contributed by atoms with Crippen LogP contribution in [-0.2, 0) is 12.3 Å². The number of fused-ring (bicyclic) bond motifs is 2. The molecule has 92 valence electrons. The molecule has 2 bridgehead atoms. The second-order valence-corrected chi connectivity index (χ2v) is 5.56. The molecule has 0 N–H and O–H groups in total. The van der Waals surface area contributed by atoms with Gasteiger partial charge in [0.25, 0.3) is 0 Å². The molecule has 2 aliphatic rings. The zero-order chi connectivity index (χ0) is 11.8. The van der Waals surface area contributed by atoms with Crippen LogP contribution in [0.25, 0.3) is 0 Å². The van der Waals surface area contributed by atoms with Crippen molar-refractivity contribution < 1.29 is 0 Å². The highest BCUT2D eigenvalue weighted by atomic mass is 35.5. The third kappa shape index (κ3) is 2.03. The first kappa shape index (κ1) is 11.3. The average Bonchev–Trinajstić information content (AvgIpc) is 3.00. The molecule has 0 radical (unpaired) electrons. The predicted octanol–water partition coefficient (Wildman–Crippen LogP) is 3.37. The van der Waals surface area contributed by atoms with Crippen molar-refractivity contribution in [2.75, 3.05) is 11.4 Å². The Hall–Kier alpha value is -0.760. The number of alkyl halides is 1. The van der Waals surface area contributed by atoms with Crippen molar-refractivity contribution in [1.29, 1.82) is 0 Å². The Morgan fingerprint density at radius 3 is 2.88 bits per heavy atom. The van der Waals surface area contributed by atoms with E-state index in [0.29, 0.717) is 5.88 Å². The van der Waals surface area contributed by atoms with Gasteiger partial charge in [0.15, 0.2) is 0 Å². The second kappa shape index (κ2) is 4.49. The van der Waals surface area contributed by atoms with E-state index in [2.05, 4.69) is 24.0 Å². The van der Waals surface area contributed by atoms with E-state index < -0.39 is 0 Å². The molecule has 1 aliphatic heterocycles. The normalized spacial score (nSPS) is 26.8. The largest absolute Gasteiger partial charge is 0.353 e. The minimum Gasteiger partial charge on any atom is -0.353 e. The van der Waals surface area contributed by atoms with E-state index in [4.69, 9.17) is 16.6 Å². The molecule has 1 aromatic rings. The van der Waals surface area contributed by atoms with Crippen LogP contribution >= 0.6 is 11.6 Å². The summed E-state index contributed by atoms with van der Waals surface area (Å²) < 4.78 is 0. The third-order valence-corrected chi connectivity index (χ3v) is 4.45. The molecular formula is C14H19ClN2. The molecular weight excluding hydrogens is 232 g/mol. The molecule has 0 amide bonds. The zero-order valence-corrected chi connectivity index (χ0v) is 11.1. The van der Waals surface area contributed by atoms with E-state index in [1.165, 1.54) is 37.1 Å². The van der Waals surface area contributed by atoms with Crippen molar-refractivity contribution in [2.45, 2.75) is 44.5 Å². The number of anilines is 1. The molecule has 0 aromatic carbocycles. The van der Waals surface area contributed by atoms with Crippen LogP contribution in [0.4, 0.5) is 5.82 Å². The maximum absolute atomic E-state index is 5.97. The molecule has 0 spiro atoms. The second-order valence-electron chi connectivity index (χ2n) is 5.30. The van der Waals surface area contributed by atoms with Gasteiger partial charge in [-0.1, -0.05) is 6.92 Å². The fourth-order valence-electron chi connectivity index (χ4n) is 3.24. The molecule has 2 fully saturated rings. The van der Waals surface area contributed by atoms with Gasteiger partial charge in [0, 0.05) is 24.2 Å². The fraction of sp³-hybridized carbons (Fsp3) is 0.643. The minimum absolute atomic E-state index is 0.588. The van der Waals surface area contributed by atoms with Gasteiger partial charge < -0.3 is 4.90 Å². The van der Waals surface area contributed by atoms with Crippen molar-refractivity contribution >= 4 is 17.4 Å². The van der Waals surface area contributed by atoms with Crippen molar-refractivity contribution in [1.82, 2.24) is 4.98 Å². The Bertz CT molecular complexity index is 396. The quantitative estimate of drug-likeness (QED) is 0.765. The molecule has 2 heterocycles. The Labute approximate surface area is 108 Å². The predicted molar refractivity (Wildman–Crippen MR) is 71.6 cm³/mol. The molecule has 1 saturated heterocycles. The summed E-state index contributed by atoms with van der Waals surface area (Å²) in [7, 11) is 0. The molecule has 2 atom stereocenters. The molecule has 1 aliphatic carbocycles. The number of piperidine rings is 1. The maximum Gasteiger partial charge on any atom is 0.129 e. The molecule has 17 heavy (non-hydrogen) atoms. The van der Waals surface area contributed by atoms with Gasteiger partial charge in [0.1, 0.15) is 5.82 Å². The van der Waals surface area contributed by atoms with Gasteiger partial charge in [-0.3, -0.25) is 0 Å². The lowest BCUT2D eigenvalue weighted by molar-refractivity contribution is 0.550. The Morgan fingerprint density at radius 1 is 1.41 bits per heavy atom. The van der Waals surface area contributed by atoms with Crippen LogP contribution in [0.5, 0.6) is 0 Å². The highest BCUT2D eigenvalue weighted by Gasteiger charge is 2.38. The number of nitrogens with zero attached hydrogens (tertiary/aromatic N) is 2. The summed E-state index contributed by atoms with van der Waals surface area (Å²) in [6.45, 7) is 3.35. The van der Waals surface area contributed by atoms with Gasteiger partial charge in [-0.05, 0) is 49.3 Å². The molecule has 2 nitrogen and oxygen atoms in total. The first-order valence-corrected chi connectivity index (χ1v) is 7.16. The molecule has 2 unspecified atom stereocenters. The maximum atomic E-state index is 5.97. The average molecular weight is 251 g/mol. The summed E-state index contributed by atoms with van der Waals surface area (Å²) in [6, 6.07) is 5.04. The summed E-state index contributed by atoms with van der Waals surface area (Å²) in [5.41, 5.74) is 2.37. The van der Waals surface area contributed by atoms with Gasteiger partial charge in [0.2, 0.25) is 0 Å². The van der Waals surface area contributed by atoms with Crippen molar-refractivity contribution in [3.05, 3.63) is 23.4 Å². The Morgan fingerprint density at radius 2 is 2.29 bits per heavy atom. The first-order chi connectivity index (χ1) is 8.30. The van der Waals surface area contributed by atoms with E-state index in [1.54, 1.807) is 0 Å². The topological polar surface area (TPSA) is 16.1 Å². The van der Waals surface area contributed by atoms with E-state index in [-0.39, 0.29) is 0 Å². The number of halogens is 1. The van der Waals surface area contributed by atoms with Gasteiger partial charge in [0.05, 0.1) is 0 Å². The lowest BCUT2D eigenvalue weighted by Crippen LogP contribution is -2.32. The molecule has 3 rings (SSSR count). The fourth-order valence-corrected chi connectivity index (χ4v) is 3.40. The Balaban J connectivity index is 1.91. The van der Waals surface area contributed by atoms with E-state index in [1.807, 2.05) is 0 Å². The van der Waals surface area contributed by atoms with Gasteiger partial charge >= 0.3 is 0 Å². The molecule has 3 heteroatoms.